The van der Waals surface area contributed by atoms with E-state index in [4.69, 9.17) is 4.74 Å². The van der Waals surface area contributed by atoms with Gasteiger partial charge in [0, 0.05) is 30.8 Å². The van der Waals surface area contributed by atoms with Crippen molar-refractivity contribution in [2.45, 2.75) is 32.2 Å². The van der Waals surface area contributed by atoms with Crippen molar-refractivity contribution >= 4 is 17.3 Å². The maximum atomic E-state index is 12.5. The van der Waals surface area contributed by atoms with Gasteiger partial charge in [0.25, 0.3) is 5.69 Å². The molecule has 7 heteroatoms. The van der Waals surface area contributed by atoms with Gasteiger partial charge in [-0.1, -0.05) is 0 Å². The third-order valence-electron chi connectivity index (χ3n) is 4.71. The van der Waals surface area contributed by atoms with Gasteiger partial charge in [0.1, 0.15) is 0 Å². The molecule has 23 heavy (non-hydrogen) atoms. The van der Waals surface area contributed by atoms with E-state index in [2.05, 4.69) is 6.07 Å². The molecule has 2 aliphatic heterocycles. The smallest absolute Gasteiger partial charge is 0.328 e. The van der Waals surface area contributed by atoms with Gasteiger partial charge in [0.2, 0.25) is 0 Å². The number of carbonyl (C=O) groups is 1. The second-order valence-electron chi connectivity index (χ2n) is 5.90. The lowest BCUT2D eigenvalue weighted by Gasteiger charge is -2.42. The summed E-state index contributed by atoms with van der Waals surface area (Å²) in [7, 11) is 0. The first-order valence-corrected chi connectivity index (χ1v) is 7.66. The number of esters is 1. The summed E-state index contributed by atoms with van der Waals surface area (Å²) in [6.45, 7) is 2.64. The number of fused-ring (bicyclic) bond motifs is 3. The van der Waals surface area contributed by atoms with E-state index in [-0.39, 0.29) is 24.8 Å². The van der Waals surface area contributed by atoms with E-state index < -0.39 is 16.3 Å². The molecule has 0 aliphatic carbocycles. The highest BCUT2D eigenvalue weighted by Crippen LogP contribution is 2.47. The standard InChI is InChI=1S/C16H17N3O4/c1-2-23-15(20)16(10-17)9-11-8-12(19(21)22)5-6-13(11)18-7-3-4-14(16)18/h5-6,8,14H,2-4,7,9H2,1H3/t14-,16+/m1/s1. The predicted molar refractivity (Wildman–Crippen MR) is 81.8 cm³/mol. The number of rotatable bonds is 3. The minimum atomic E-state index is -1.30. The predicted octanol–water partition coefficient (Wildman–Crippen LogP) is 2.19. The first kappa shape index (κ1) is 15.3. The number of nitrogens with zero attached hydrogens (tertiary/aromatic N) is 3. The third kappa shape index (κ3) is 2.22. The van der Waals surface area contributed by atoms with Crippen molar-refractivity contribution in [2.24, 2.45) is 5.41 Å². The molecule has 1 aromatic carbocycles. The molecule has 120 valence electrons. The molecule has 2 aliphatic rings. The Labute approximate surface area is 133 Å². The van der Waals surface area contributed by atoms with Gasteiger partial charge in [0.15, 0.2) is 5.41 Å². The van der Waals surface area contributed by atoms with Gasteiger partial charge < -0.3 is 9.64 Å². The average molecular weight is 315 g/mol. The summed E-state index contributed by atoms with van der Waals surface area (Å²) < 4.78 is 5.15. The topological polar surface area (TPSA) is 96.5 Å². The van der Waals surface area contributed by atoms with Crippen molar-refractivity contribution in [1.82, 2.24) is 0 Å². The summed E-state index contributed by atoms with van der Waals surface area (Å²) >= 11 is 0. The quantitative estimate of drug-likeness (QED) is 0.482. The van der Waals surface area contributed by atoms with Gasteiger partial charge in [-0.25, -0.2) is 0 Å². The van der Waals surface area contributed by atoms with Crippen LogP contribution in [0.25, 0.3) is 0 Å². The Morgan fingerprint density at radius 2 is 2.39 bits per heavy atom. The van der Waals surface area contributed by atoms with E-state index in [1.807, 2.05) is 4.90 Å². The lowest BCUT2D eigenvalue weighted by molar-refractivity contribution is -0.384. The SMILES string of the molecule is CCOC(=O)[C@]1(C#N)Cc2cc([N+](=O)[O-])ccc2N2CCC[C@@H]21. The van der Waals surface area contributed by atoms with E-state index in [1.54, 1.807) is 13.0 Å². The second kappa shape index (κ2) is 5.54. The number of carbonyl (C=O) groups excluding carboxylic acids is 1. The fourth-order valence-electron chi connectivity index (χ4n) is 3.72. The highest BCUT2D eigenvalue weighted by Gasteiger charge is 2.55. The molecule has 0 bridgehead atoms. The minimum Gasteiger partial charge on any atom is -0.465 e. The molecule has 0 amide bonds. The van der Waals surface area contributed by atoms with Crippen LogP contribution in [0.1, 0.15) is 25.3 Å². The maximum Gasteiger partial charge on any atom is 0.328 e. The van der Waals surface area contributed by atoms with Crippen molar-refractivity contribution in [3.8, 4) is 6.07 Å². The molecule has 0 saturated carbocycles. The highest BCUT2D eigenvalue weighted by atomic mass is 16.6. The van der Waals surface area contributed by atoms with Crippen molar-refractivity contribution in [3.05, 3.63) is 33.9 Å². The van der Waals surface area contributed by atoms with Crippen LogP contribution in [0, 0.1) is 26.9 Å². The van der Waals surface area contributed by atoms with Crippen molar-refractivity contribution in [1.29, 1.82) is 5.26 Å². The monoisotopic (exact) mass is 315 g/mol. The highest BCUT2D eigenvalue weighted by molar-refractivity contribution is 5.84. The number of ether oxygens (including phenoxy) is 1. The van der Waals surface area contributed by atoms with E-state index >= 15 is 0 Å². The number of anilines is 1. The van der Waals surface area contributed by atoms with E-state index in [0.717, 1.165) is 25.1 Å². The number of hydrogen-bond donors (Lipinski definition) is 0. The number of non-ortho nitro benzene ring substituents is 1. The van der Waals surface area contributed by atoms with Crippen molar-refractivity contribution in [2.75, 3.05) is 18.1 Å². The molecule has 2 atom stereocenters. The molecule has 0 aromatic heterocycles. The Kier molecular flexibility index (Phi) is 3.68. The van der Waals surface area contributed by atoms with Crippen LogP contribution in [-0.2, 0) is 16.0 Å². The second-order valence-corrected chi connectivity index (χ2v) is 5.90. The van der Waals surface area contributed by atoms with Crippen LogP contribution in [0.15, 0.2) is 18.2 Å². The van der Waals surface area contributed by atoms with Gasteiger partial charge in [-0.2, -0.15) is 5.26 Å². The first-order chi connectivity index (χ1) is 11.0. The maximum absolute atomic E-state index is 12.5. The van der Waals surface area contributed by atoms with Crippen LogP contribution < -0.4 is 4.90 Å². The molecule has 2 heterocycles. The van der Waals surface area contributed by atoms with Crippen LogP contribution in [0.4, 0.5) is 11.4 Å². The summed E-state index contributed by atoms with van der Waals surface area (Å²) in [5, 5.41) is 20.8. The lowest BCUT2D eigenvalue weighted by Crippen LogP contribution is -2.53. The summed E-state index contributed by atoms with van der Waals surface area (Å²) in [6.07, 6.45) is 1.77. The molecule has 0 radical (unpaired) electrons. The molecular weight excluding hydrogens is 298 g/mol. The molecule has 0 unspecified atom stereocenters. The lowest BCUT2D eigenvalue weighted by atomic mass is 9.72. The average Bonchev–Trinajstić information content (AvgIpc) is 3.03. The summed E-state index contributed by atoms with van der Waals surface area (Å²) in [5.74, 6) is -0.531. The van der Waals surface area contributed by atoms with Crippen LogP contribution in [0.5, 0.6) is 0 Å². The van der Waals surface area contributed by atoms with Gasteiger partial charge in [-0.15, -0.1) is 0 Å². The zero-order chi connectivity index (χ0) is 16.6. The molecule has 0 spiro atoms. The van der Waals surface area contributed by atoms with Gasteiger partial charge in [-0.3, -0.25) is 14.9 Å². The Bertz CT molecular complexity index is 712. The van der Waals surface area contributed by atoms with E-state index in [0.29, 0.717) is 5.56 Å². The first-order valence-electron chi connectivity index (χ1n) is 7.66. The van der Waals surface area contributed by atoms with Gasteiger partial charge in [-0.05, 0) is 31.4 Å². The van der Waals surface area contributed by atoms with Crippen LogP contribution in [0.2, 0.25) is 0 Å². The van der Waals surface area contributed by atoms with Gasteiger partial charge in [0.05, 0.1) is 23.6 Å². The molecule has 1 fully saturated rings. The summed E-state index contributed by atoms with van der Waals surface area (Å²) in [5.41, 5.74) is 0.215. The van der Waals surface area contributed by atoms with E-state index in [9.17, 15) is 20.2 Å². The molecular formula is C16H17N3O4. The number of nitro benzene ring substituents is 1. The number of benzene rings is 1. The van der Waals surface area contributed by atoms with Crippen molar-refractivity contribution in [3.63, 3.8) is 0 Å². The summed E-state index contributed by atoms with van der Waals surface area (Å²) in [6, 6.07) is 6.60. The summed E-state index contributed by atoms with van der Waals surface area (Å²) in [4.78, 5) is 25.1. The molecule has 1 saturated heterocycles. The largest absolute Gasteiger partial charge is 0.465 e. The Morgan fingerprint density at radius 1 is 1.61 bits per heavy atom. The third-order valence-corrected chi connectivity index (χ3v) is 4.71. The number of hydrogen-bond acceptors (Lipinski definition) is 6. The van der Waals surface area contributed by atoms with Crippen molar-refractivity contribution < 1.29 is 14.5 Å². The van der Waals surface area contributed by atoms with Crippen LogP contribution in [-0.4, -0.2) is 30.1 Å². The van der Waals surface area contributed by atoms with Crippen LogP contribution in [0.3, 0.4) is 0 Å². The number of nitriles is 1. The van der Waals surface area contributed by atoms with Gasteiger partial charge >= 0.3 is 5.97 Å². The number of nitro groups is 1. The minimum absolute atomic E-state index is 0.0305. The fourth-order valence-corrected chi connectivity index (χ4v) is 3.72. The van der Waals surface area contributed by atoms with Crippen LogP contribution >= 0.6 is 0 Å². The van der Waals surface area contributed by atoms with E-state index in [1.165, 1.54) is 12.1 Å². The molecule has 1 aromatic rings. The molecule has 7 nitrogen and oxygen atoms in total. The fraction of sp³-hybridized carbons (Fsp3) is 0.500. The molecule has 0 N–H and O–H groups in total. The zero-order valence-corrected chi connectivity index (χ0v) is 12.8. The zero-order valence-electron chi connectivity index (χ0n) is 12.8. The Balaban J connectivity index is 2.11. The normalized spacial score (nSPS) is 25.2. The Morgan fingerprint density at radius 3 is 3.04 bits per heavy atom. The Hall–Kier alpha value is -2.62. The molecule has 3 rings (SSSR count).